The number of thiazole rings is 1. The van der Waals surface area contributed by atoms with Crippen LogP contribution in [0.1, 0.15) is 46.2 Å². The minimum atomic E-state index is -0.315. The first-order valence-electron chi connectivity index (χ1n) is 9.05. The molecule has 0 aliphatic carbocycles. The van der Waals surface area contributed by atoms with Gasteiger partial charge in [0.15, 0.2) is 0 Å². The van der Waals surface area contributed by atoms with E-state index >= 15 is 0 Å². The molecule has 3 heterocycles. The highest BCUT2D eigenvalue weighted by atomic mass is 32.1. The van der Waals surface area contributed by atoms with Crippen molar-refractivity contribution in [3.63, 3.8) is 0 Å². The highest BCUT2D eigenvalue weighted by Gasteiger charge is 2.28. The van der Waals surface area contributed by atoms with Crippen LogP contribution in [0.2, 0.25) is 0 Å². The zero-order valence-corrected chi connectivity index (χ0v) is 16.0. The van der Waals surface area contributed by atoms with E-state index in [1.165, 1.54) is 12.1 Å². The Morgan fingerprint density at radius 3 is 3.04 bits per heavy atom. The Bertz CT molecular complexity index is 937. The molecule has 2 aromatic heterocycles. The van der Waals surface area contributed by atoms with Crippen molar-refractivity contribution >= 4 is 17.2 Å². The molecule has 1 atom stereocenters. The average molecular weight is 384 g/mol. The second-order valence-electron chi connectivity index (χ2n) is 6.94. The van der Waals surface area contributed by atoms with Crippen LogP contribution in [0.5, 0.6) is 0 Å². The van der Waals surface area contributed by atoms with Crippen molar-refractivity contribution in [3.8, 4) is 0 Å². The number of carbonyl (C=O) groups is 1. The molecular weight excluding hydrogens is 363 g/mol. The Morgan fingerprint density at radius 2 is 2.26 bits per heavy atom. The van der Waals surface area contributed by atoms with Gasteiger partial charge in [0.2, 0.25) is 0 Å². The third-order valence-corrected chi connectivity index (χ3v) is 5.69. The summed E-state index contributed by atoms with van der Waals surface area (Å²) in [6.07, 6.45) is 5.71. The van der Waals surface area contributed by atoms with Crippen LogP contribution in [0.4, 0.5) is 4.39 Å². The van der Waals surface area contributed by atoms with Crippen molar-refractivity contribution in [2.45, 2.75) is 32.2 Å². The maximum Gasteiger partial charge on any atom is 0.254 e. The Morgan fingerprint density at radius 1 is 1.37 bits per heavy atom. The van der Waals surface area contributed by atoms with E-state index in [1.807, 2.05) is 28.2 Å². The summed E-state index contributed by atoms with van der Waals surface area (Å²) in [5.41, 5.74) is 4.10. The van der Waals surface area contributed by atoms with Crippen molar-refractivity contribution in [2.75, 3.05) is 13.1 Å². The number of benzene rings is 1. The van der Waals surface area contributed by atoms with Gasteiger partial charge in [-0.15, -0.1) is 11.3 Å². The van der Waals surface area contributed by atoms with Gasteiger partial charge in [-0.3, -0.25) is 4.79 Å². The lowest BCUT2D eigenvalue weighted by Gasteiger charge is -2.33. The lowest BCUT2D eigenvalue weighted by Crippen LogP contribution is -2.40. The first kappa shape index (κ1) is 17.9. The van der Waals surface area contributed by atoms with Crippen molar-refractivity contribution in [3.05, 3.63) is 69.9 Å². The molecule has 0 unspecified atom stereocenters. The molecular formula is C20H21FN4OS. The Labute approximate surface area is 161 Å². The molecule has 1 aromatic carbocycles. The van der Waals surface area contributed by atoms with E-state index in [0.29, 0.717) is 24.2 Å². The Balaban J connectivity index is 1.52. The van der Waals surface area contributed by atoms with Crippen molar-refractivity contribution < 1.29 is 9.18 Å². The number of rotatable bonds is 4. The van der Waals surface area contributed by atoms with Gasteiger partial charge in [-0.1, -0.05) is 0 Å². The molecule has 4 rings (SSSR count). The van der Waals surface area contributed by atoms with Crippen molar-refractivity contribution in [1.82, 2.24) is 19.4 Å². The summed E-state index contributed by atoms with van der Waals surface area (Å²) in [6.45, 7) is 3.82. The second-order valence-corrected chi connectivity index (χ2v) is 7.66. The topological polar surface area (TPSA) is 51.0 Å². The summed E-state index contributed by atoms with van der Waals surface area (Å²) in [7, 11) is 0. The molecule has 1 amide bonds. The lowest BCUT2D eigenvalue weighted by atomic mass is 9.96. The molecule has 3 aromatic rings. The second kappa shape index (κ2) is 7.60. The van der Waals surface area contributed by atoms with Crippen LogP contribution >= 0.6 is 11.3 Å². The van der Waals surface area contributed by atoms with E-state index in [9.17, 15) is 9.18 Å². The molecule has 1 aliphatic rings. The van der Waals surface area contributed by atoms with E-state index in [1.54, 1.807) is 24.3 Å². The third kappa shape index (κ3) is 3.78. The Hall–Kier alpha value is -2.54. The number of piperidine rings is 1. The van der Waals surface area contributed by atoms with Gasteiger partial charge >= 0.3 is 0 Å². The van der Waals surface area contributed by atoms with Crippen LogP contribution in [0.3, 0.4) is 0 Å². The van der Waals surface area contributed by atoms with Gasteiger partial charge in [-0.05, 0) is 43.5 Å². The average Bonchev–Trinajstić information content (AvgIpc) is 3.34. The fraction of sp³-hybridized carbons (Fsp3) is 0.350. The fourth-order valence-corrected chi connectivity index (χ4v) is 4.26. The van der Waals surface area contributed by atoms with Gasteiger partial charge in [0, 0.05) is 42.3 Å². The van der Waals surface area contributed by atoms with Crippen LogP contribution in [-0.4, -0.2) is 38.4 Å². The molecule has 1 fully saturated rings. The van der Waals surface area contributed by atoms with Crippen LogP contribution in [0.25, 0.3) is 0 Å². The first-order valence-corrected chi connectivity index (χ1v) is 9.99. The number of aryl methyl sites for hydroxylation is 1. The predicted molar refractivity (Wildman–Crippen MR) is 102 cm³/mol. The molecule has 0 radical (unpaired) electrons. The van der Waals surface area contributed by atoms with E-state index in [0.717, 1.165) is 30.9 Å². The maximum atomic E-state index is 13.4. The van der Waals surface area contributed by atoms with E-state index in [2.05, 4.69) is 14.5 Å². The zero-order chi connectivity index (χ0) is 18.8. The number of aromatic nitrogens is 3. The minimum absolute atomic E-state index is 0.0326. The van der Waals surface area contributed by atoms with Crippen LogP contribution in [0.15, 0.2) is 41.5 Å². The fourth-order valence-electron chi connectivity index (χ4n) is 3.71. The standard InChI is InChI=1S/C20H21FN4OS/c1-14-9-16(21)4-5-18(14)20(26)25-7-2-3-15(10-25)19-22-6-8-24(19)11-17-12-27-13-23-17/h4-6,8-9,12-13,15H,2-3,7,10-11H2,1H3/t15-/m0/s1. The third-order valence-electron chi connectivity index (χ3n) is 5.06. The lowest BCUT2D eigenvalue weighted by molar-refractivity contribution is 0.0702. The molecule has 1 aliphatic heterocycles. The van der Waals surface area contributed by atoms with Crippen LogP contribution in [-0.2, 0) is 6.54 Å². The smallest absolute Gasteiger partial charge is 0.254 e. The quantitative estimate of drug-likeness (QED) is 0.686. The SMILES string of the molecule is Cc1cc(F)ccc1C(=O)N1CCC[C@H](c2nccn2Cc2cscn2)C1. The summed E-state index contributed by atoms with van der Waals surface area (Å²) in [6, 6.07) is 4.34. The molecule has 140 valence electrons. The minimum Gasteiger partial charge on any atom is -0.338 e. The molecule has 27 heavy (non-hydrogen) atoms. The molecule has 7 heteroatoms. The molecule has 0 saturated carbocycles. The Kier molecular flexibility index (Phi) is 5.03. The van der Waals surface area contributed by atoms with Gasteiger partial charge < -0.3 is 9.47 Å². The van der Waals surface area contributed by atoms with E-state index in [4.69, 9.17) is 0 Å². The van der Waals surface area contributed by atoms with Gasteiger partial charge in [0.05, 0.1) is 17.7 Å². The van der Waals surface area contributed by atoms with Crippen LogP contribution in [0, 0.1) is 12.7 Å². The van der Waals surface area contributed by atoms with Gasteiger partial charge in [-0.25, -0.2) is 14.4 Å². The maximum absolute atomic E-state index is 13.4. The van der Waals surface area contributed by atoms with E-state index < -0.39 is 0 Å². The number of amides is 1. The summed E-state index contributed by atoms with van der Waals surface area (Å²) < 4.78 is 15.5. The molecule has 0 spiro atoms. The molecule has 1 saturated heterocycles. The van der Waals surface area contributed by atoms with Crippen molar-refractivity contribution in [1.29, 1.82) is 0 Å². The van der Waals surface area contributed by atoms with Crippen molar-refractivity contribution in [2.24, 2.45) is 0 Å². The highest BCUT2D eigenvalue weighted by Crippen LogP contribution is 2.28. The van der Waals surface area contributed by atoms with Gasteiger partial charge in [-0.2, -0.15) is 0 Å². The van der Waals surface area contributed by atoms with Crippen LogP contribution < -0.4 is 0 Å². The van der Waals surface area contributed by atoms with Gasteiger partial charge in [0.25, 0.3) is 5.91 Å². The summed E-state index contributed by atoms with van der Waals surface area (Å²) in [5.74, 6) is 0.841. The summed E-state index contributed by atoms with van der Waals surface area (Å²) in [5, 5.41) is 2.04. The first-order chi connectivity index (χ1) is 13.1. The zero-order valence-electron chi connectivity index (χ0n) is 15.1. The molecule has 0 bridgehead atoms. The van der Waals surface area contributed by atoms with E-state index in [-0.39, 0.29) is 17.6 Å². The number of nitrogens with zero attached hydrogens (tertiary/aromatic N) is 4. The summed E-state index contributed by atoms with van der Waals surface area (Å²) >= 11 is 1.58. The number of hydrogen-bond acceptors (Lipinski definition) is 4. The summed E-state index contributed by atoms with van der Waals surface area (Å²) in [4.78, 5) is 23.7. The normalized spacial score (nSPS) is 17.3. The number of likely N-dealkylation sites (tertiary alicyclic amines) is 1. The van der Waals surface area contributed by atoms with Gasteiger partial charge in [0.1, 0.15) is 11.6 Å². The predicted octanol–water partition coefficient (Wildman–Crippen LogP) is 3.86. The number of hydrogen-bond donors (Lipinski definition) is 0. The molecule has 5 nitrogen and oxygen atoms in total. The molecule has 0 N–H and O–H groups in total. The largest absolute Gasteiger partial charge is 0.338 e. The highest BCUT2D eigenvalue weighted by molar-refractivity contribution is 7.07. The number of imidazole rings is 1. The monoisotopic (exact) mass is 384 g/mol. The number of halogens is 1. The number of carbonyl (C=O) groups excluding carboxylic acids is 1.